The summed E-state index contributed by atoms with van der Waals surface area (Å²) in [5, 5.41) is 8.37. The van der Waals surface area contributed by atoms with E-state index >= 15 is 0 Å². The van der Waals surface area contributed by atoms with Crippen LogP contribution in [-0.2, 0) is 9.59 Å². The van der Waals surface area contributed by atoms with Gasteiger partial charge in [-0.1, -0.05) is 12.1 Å². The number of nitrogens with one attached hydrogen (secondary N) is 4. The van der Waals surface area contributed by atoms with Crippen molar-refractivity contribution in [3.63, 3.8) is 0 Å². The normalized spacial score (nSPS) is 14.5. The number of rotatable bonds is 6. The molecule has 4 N–H and O–H groups in total. The lowest BCUT2D eigenvalue weighted by Gasteiger charge is -2.15. The van der Waals surface area contributed by atoms with Crippen molar-refractivity contribution >= 4 is 41.2 Å². The van der Waals surface area contributed by atoms with Crippen molar-refractivity contribution in [2.24, 2.45) is 0 Å². The molecule has 0 spiro atoms. The molecule has 1 unspecified atom stereocenters. The highest BCUT2D eigenvalue weighted by atomic mass is 19.1. The fourth-order valence-corrected chi connectivity index (χ4v) is 3.93. The Hall–Kier alpha value is -4.20. The molecule has 33 heavy (non-hydrogen) atoms. The van der Waals surface area contributed by atoms with Crippen LogP contribution in [0.15, 0.2) is 42.5 Å². The van der Waals surface area contributed by atoms with Gasteiger partial charge >= 0.3 is 0 Å². The Kier molecular flexibility index (Phi) is 5.83. The van der Waals surface area contributed by atoms with Crippen LogP contribution in [0.5, 0.6) is 0 Å². The van der Waals surface area contributed by atoms with E-state index in [2.05, 4.69) is 20.9 Å². The molecule has 168 valence electrons. The maximum atomic E-state index is 13.2. The number of aromatic nitrogens is 1. The topological polar surface area (TPSA) is 103 Å². The summed E-state index contributed by atoms with van der Waals surface area (Å²) >= 11 is 0. The van der Waals surface area contributed by atoms with Gasteiger partial charge in [0.1, 0.15) is 5.82 Å². The van der Waals surface area contributed by atoms with Gasteiger partial charge in [0.2, 0.25) is 6.41 Å². The molecule has 1 aliphatic rings. The van der Waals surface area contributed by atoms with Crippen molar-refractivity contribution < 1.29 is 18.8 Å². The van der Waals surface area contributed by atoms with Gasteiger partial charge in [0.05, 0.1) is 17.3 Å². The number of halogens is 1. The van der Waals surface area contributed by atoms with Gasteiger partial charge in [0.15, 0.2) is 0 Å². The lowest BCUT2D eigenvalue weighted by Crippen LogP contribution is -2.26. The number of benzene rings is 2. The largest absolute Gasteiger partial charge is 0.357 e. The quantitative estimate of drug-likeness (QED) is 0.335. The zero-order chi connectivity index (χ0) is 23.7. The Morgan fingerprint density at radius 2 is 1.85 bits per heavy atom. The molecule has 1 aromatic heterocycles. The summed E-state index contributed by atoms with van der Waals surface area (Å²) in [4.78, 5) is 39.5. The summed E-state index contributed by atoms with van der Waals surface area (Å²) in [6, 6.07) is 10.6. The van der Waals surface area contributed by atoms with Crippen LogP contribution in [0.2, 0.25) is 0 Å². The third-order valence-electron chi connectivity index (χ3n) is 5.75. The maximum absolute atomic E-state index is 13.2. The predicted octanol–water partition coefficient (Wildman–Crippen LogP) is 4.32. The van der Waals surface area contributed by atoms with Gasteiger partial charge in [-0.15, -0.1) is 0 Å². The van der Waals surface area contributed by atoms with E-state index in [0.717, 1.165) is 16.8 Å². The lowest BCUT2D eigenvalue weighted by molar-refractivity contribution is -0.110. The van der Waals surface area contributed by atoms with Crippen molar-refractivity contribution in [3.05, 3.63) is 81.9 Å². The van der Waals surface area contributed by atoms with Crippen molar-refractivity contribution in [1.82, 2.24) is 10.3 Å². The first-order chi connectivity index (χ1) is 15.8. The fourth-order valence-electron chi connectivity index (χ4n) is 3.93. The molecular weight excluding hydrogens is 423 g/mol. The van der Waals surface area contributed by atoms with Crippen LogP contribution in [0, 0.1) is 19.7 Å². The minimum absolute atomic E-state index is 0.279. The number of hydrogen-bond acceptors (Lipinski definition) is 3. The van der Waals surface area contributed by atoms with Crippen molar-refractivity contribution in [2.75, 3.05) is 10.6 Å². The van der Waals surface area contributed by atoms with Gasteiger partial charge in [-0.2, -0.15) is 0 Å². The number of carbonyl (C=O) groups excluding carboxylic acids is 3. The fraction of sp³-hybridized carbons (Fsp3) is 0.160. The zero-order valence-corrected chi connectivity index (χ0v) is 18.4. The van der Waals surface area contributed by atoms with E-state index < -0.39 is 0 Å². The van der Waals surface area contributed by atoms with Crippen LogP contribution < -0.4 is 16.0 Å². The highest BCUT2D eigenvalue weighted by Gasteiger charge is 2.26. The molecule has 0 fully saturated rings. The van der Waals surface area contributed by atoms with Crippen molar-refractivity contribution in [1.29, 1.82) is 0 Å². The first-order valence-electron chi connectivity index (χ1n) is 10.4. The van der Waals surface area contributed by atoms with Crippen molar-refractivity contribution in [3.8, 4) is 0 Å². The van der Waals surface area contributed by atoms with Gasteiger partial charge < -0.3 is 20.9 Å². The SMILES string of the molecule is Cc1[nH]c(/C=C2\C(=O)Nc3ccc(C(=O)NC(C)c4ccc(F)cc4)cc32)c(C)c1NC=O. The van der Waals surface area contributed by atoms with Crippen LogP contribution in [0.1, 0.15) is 51.4 Å². The number of aromatic amines is 1. The number of fused-ring (bicyclic) bond motifs is 1. The van der Waals surface area contributed by atoms with Crippen LogP contribution in [0.3, 0.4) is 0 Å². The second-order valence-corrected chi connectivity index (χ2v) is 7.95. The summed E-state index contributed by atoms with van der Waals surface area (Å²) < 4.78 is 13.2. The van der Waals surface area contributed by atoms with E-state index in [1.165, 1.54) is 12.1 Å². The molecule has 1 atom stereocenters. The number of H-pyrrole nitrogens is 1. The van der Waals surface area contributed by atoms with E-state index in [1.54, 1.807) is 36.4 Å². The van der Waals surface area contributed by atoms with Gasteiger partial charge in [-0.05, 0) is 68.3 Å². The third-order valence-corrected chi connectivity index (χ3v) is 5.75. The molecule has 2 aromatic carbocycles. The summed E-state index contributed by atoms with van der Waals surface area (Å²) in [6.45, 7) is 5.49. The second-order valence-electron chi connectivity index (χ2n) is 7.95. The number of aryl methyl sites for hydroxylation is 1. The molecule has 0 saturated carbocycles. The molecule has 4 rings (SSSR count). The smallest absolute Gasteiger partial charge is 0.256 e. The molecule has 7 nitrogen and oxygen atoms in total. The van der Waals surface area contributed by atoms with E-state index in [9.17, 15) is 18.8 Å². The summed E-state index contributed by atoms with van der Waals surface area (Å²) in [5.41, 5.74) is 5.73. The second kappa shape index (κ2) is 8.74. The summed E-state index contributed by atoms with van der Waals surface area (Å²) in [5.74, 6) is -0.926. The van der Waals surface area contributed by atoms with Crippen molar-refractivity contribution in [2.45, 2.75) is 26.8 Å². The van der Waals surface area contributed by atoms with E-state index in [0.29, 0.717) is 40.2 Å². The lowest BCUT2D eigenvalue weighted by atomic mass is 10.0. The predicted molar refractivity (Wildman–Crippen MR) is 125 cm³/mol. The summed E-state index contributed by atoms with van der Waals surface area (Å²) in [7, 11) is 0. The molecule has 2 heterocycles. The highest BCUT2D eigenvalue weighted by molar-refractivity contribution is 6.35. The number of anilines is 2. The molecule has 0 bridgehead atoms. The van der Waals surface area contributed by atoms with E-state index in [4.69, 9.17) is 0 Å². The van der Waals surface area contributed by atoms with Gasteiger partial charge in [-0.25, -0.2) is 4.39 Å². The van der Waals surface area contributed by atoms with Crippen LogP contribution in [0.4, 0.5) is 15.8 Å². The molecule has 1 aliphatic heterocycles. The molecular formula is C25H23FN4O3. The number of carbonyl (C=O) groups is 3. The Labute approximate surface area is 190 Å². The summed E-state index contributed by atoms with van der Waals surface area (Å²) in [6.07, 6.45) is 2.32. The van der Waals surface area contributed by atoms with E-state index in [-0.39, 0.29) is 23.7 Å². The third kappa shape index (κ3) is 4.27. The Morgan fingerprint density at radius 1 is 1.12 bits per heavy atom. The Balaban J connectivity index is 1.62. The van der Waals surface area contributed by atoms with Gasteiger partial charge in [0.25, 0.3) is 11.8 Å². The van der Waals surface area contributed by atoms with E-state index in [1.807, 2.05) is 20.8 Å². The minimum atomic E-state index is -0.339. The molecule has 0 saturated heterocycles. The average Bonchev–Trinajstić information content (AvgIpc) is 3.24. The van der Waals surface area contributed by atoms with Gasteiger partial charge in [0, 0.05) is 28.2 Å². The average molecular weight is 446 g/mol. The van der Waals surface area contributed by atoms with Gasteiger partial charge in [-0.3, -0.25) is 14.4 Å². The maximum Gasteiger partial charge on any atom is 0.256 e. The molecule has 3 amide bonds. The van der Waals surface area contributed by atoms with Crippen LogP contribution in [-0.4, -0.2) is 23.2 Å². The Morgan fingerprint density at radius 3 is 2.55 bits per heavy atom. The molecule has 3 aromatic rings. The standard InChI is InChI=1S/C25H23FN4O3/c1-13-22(28-15(3)23(13)27-12-31)11-20-19-10-17(6-9-21(19)30-25(20)33)24(32)29-14(2)16-4-7-18(26)8-5-16/h4-12,14,28H,1-3H3,(H,27,31)(H,29,32)(H,30,33)/b20-11-. The number of hydrogen-bond donors (Lipinski definition) is 4. The number of amides is 3. The molecule has 8 heteroatoms. The zero-order valence-electron chi connectivity index (χ0n) is 18.4. The monoisotopic (exact) mass is 446 g/mol. The molecule has 0 radical (unpaired) electrons. The first-order valence-corrected chi connectivity index (χ1v) is 10.4. The van der Waals surface area contributed by atoms with Crippen LogP contribution in [0.25, 0.3) is 11.6 Å². The highest BCUT2D eigenvalue weighted by Crippen LogP contribution is 2.35. The minimum Gasteiger partial charge on any atom is -0.357 e. The molecule has 0 aliphatic carbocycles. The Bertz CT molecular complexity index is 1290. The first kappa shape index (κ1) is 22.0. The van der Waals surface area contributed by atoms with Crippen LogP contribution >= 0.6 is 0 Å².